The van der Waals surface area contributed by atoms with Gasteiger partial charge in [-0.15, -0.1) is 0 Å². The number of aryl methyl sites for hydroxylation is 1. The van der Waals surface area contributed by atoms with E-state index in [1.54, 1.807) is 4.90 Å². The molecule has 0 aromatic heterocycles. The molecule has 1 aromatic carbocycles. The summed E-state index contributed by atoms with van der Waals surface area (Å²) >= 11 is 0. The normalized spacial score (nSPS) is 15.0. The maximum atomic E-state index is 12.2. The van der Waals surface area contributed by atoms with Crippen LogP contribution in [0.1, 0.15) is 45.2 Å². The third-order valence-electron chi connectivity index (χ3n) is 3.32. The van der Waals surface area contributed by atoms with Crippen molar-refractivity contribution in [2.75, 3.05) is 13.2 Å². The predicted octanol–water partition coefficient (Wildman–Crippen LogP) is 3.77. The number of hydrogen-bond acceptors (Lipinski definition) is 3. The Bertz CT molecular complexity index is 505. The Morgan fingerprint density at radius 1 is 1.38 bits per heavy atom. The zero-order valence-electron chi connectivity index (χ0n) is 13.4. The minimum atomic E-state index is -0.475. The van der Waals surface area contributed by atoms with Crippen molar-refractivity contribution >= 4 is 6.09 Å². The molecule has 21 heavy (non-hydrogen) atoms. The van der Waals surface area contributed by atoms with Gasteiger partial charge in [-0.25, -0.2) is 4.79 Å². The molecule has 4 heteroatoms. The fraction of sp³-hybridized carbons (Fsp3) is 0.588. The minimum Gasteiger partial charge on any atom is -0.491 e. The van der Waals surface area contributed by atoms with Gasteiger partial charge in [-0.05, 0) is 32.8 Å². The summed E-state index contributed by atoms with van der Waals surface area (Å²) in [6.45, 7) is 9.40. The number of nitrogens with zero attached hydrogens (tertiary/aromatic N) is 1. The number of rotatable bonds is 2. The highest BCUT2D eigenvalue weighted by molar-refractivity contribution is 5.68. The van der Waals surface area contributed by atoms with E-state index in [1.165, 1.54) is 5.56 Å². The van der Waals surface area contributed by atoms with E-state index in [4.69, 9.17) is 9.47 Å². The Morgan fingerprint density at radius 2 is 2.14 bits per heavy atom. The Morgan fingerprint density at radius 3 is 2.81 bits per heavy atom. The van der Waals surface area contributed by atoms with Crippen LogP contribution in [0.4, 0.5) is 4.79 Å². The zero-order chi connectivity index (χ0) is 15.5. The zero-order valence-corrected chi connectivity index (χ0v) is 13.4. The first-order valence-corrected chi connectivity index (χ1v) is 7.62. The summed E-state index contributed by atoms with van der Waals surface area (Å²) in [4.78, 5) is 14.0. The highest BCUT2D eigenvalue weighted by atomic mass is 16.6. The van der Waals surface area contributed by atoms with Crippen LogP contribution in [-0.2, 0) is 17.7 Å². The number of carbonyl (C=O) groups excluding carboxylic acids is 1. The van der Waals surface area contributed by atoms with Gasteiger partial charge in [-0.2, -0.15) is 0 Å². The Labute approximate surface area is 127 Å². The van der Waals surface area contributed by atoms with E-state index in [-0.39, 0.29) is 6.09 Å². The highest BCUT2D eigenvalue weighted by Crippen LogP contribution is 2.29. The van der Waals surface area contributed by atoms with Crippen molar-refractivity contribution in [3.05, 3.63) is 29.3 Å². The molecule has 1 amide bonds. The van der Waals surface area contributed by atoms with Crippen LogP contribution in [-0.4, -0.2) is 29.7 Å². The maximum Gasteiger partial charge on any atom is 0.410 e. The van der Waals surface area contributed by atoms with E-state index in [0.717, 1.165) is 24.2 Å². The SMILES string of the molecule is CCCc1cccc2c1OCCN(C(=O)OC(C)(C)C)C2. The largest absolute Gasteiger partial charge is 0.491 e. The van der Waals surface area contributed by atoms with Crippen molar-refractivity contribution in [2.45, 2.75) is 52.7 Å². The summed E-state index contributed by atoms with van der Waals surface area (Å²) in [7, 11) is 0. The lowest BCUT2D eigenvalue weighted by Gasteiger charge is -2.26. The molecule has 0 aliphatic carbocycles. The molecular formula is C17H25NO3. The molecule has 116 valence electrons. The quantitative estimate of drug-likeness (QED) is 0.832. The number of benzene rings is 1. The first-order chi connectivity index (χ1) is 9.90. The Hall–Kier alpha value is -1.71. The molecule has 0 spiro atoms. The third kappa shape index (κ3) is 4.13. The smallest absolute Gasteiger partial charge is 0.410 e. The molecule has 2 rings (SSSR count). The lowest BCUT2D eigenvalue weighted by atomic mass is 10.0. The number of ether oxygens (including phenoxy) is 2. The second-order valence-electron chi connectivity index (χ2n) is 6.41. The topological polar surface area (TPSA) is 38.8 Å². The monoisotopic (exact) mass is 291 g/mol. The number of carbonyl (C=O) groups is 1. The molecule has 0 atom stereocenters. The molecule has 0 radical (unpaired) electrons. The van der Waals surface area contributed by atoms with E-state index in [0.29, 0.717) is 19.7 Å². The summed E-state index contributed by atoms with van der Waals surface area (Å²) in [5.74, 6) is 0.949. The van der Waals surface area contributed by atoms with Crippen LogP contribution in [0.2, 0.25) is 0 Å². The van der Waals surface area contributed by atoms with Crippen molar-refractivity contribution in [3.8, 4) is 5.75 Å². The standard InChI is InChI=1S/C17H25NO3/c1-5-7-13-8-6-9-14-12-18(10-11-20-15(13)14)16(19)21-17(2,3)4/h6,8-9H,5,7,10-12H2,1-4H3. The minimum absolute atomic E-state index is 0.278. The molecule has 0 unspecified atom stereocenters. The molecule has 0 bridgehead atoms. The number of fused-ring (bicyclic) bond motifs is 1. The molecule has 1 aromatic rings. The van der Waals surface area contributed by atoms with Crippen LogP contribution in [0.15, 0.2) is 18.2 Å². The molecule has 0 fully saturated rings. The van der Waals surface area contributed by atoms with Gasteiger partial charge >= 0.3 is 6.09 Å². The molecule has 1 aliphatic rings. The maximum absolute atomic E-state index is 12.2. The third-order valence-corrected chi connectivity index (χ3v) is 3.32. The van der Waals surface area contributed by atoms with Crippen molar-refractivity contribution in [1.82, 2.24) is 4.90 Å². The van der Waals surface area contributed by atoms with Crippen molar-refractivity contribution in [2.24, 2.45) is 0 Å². The molecular weight excluding hydrogens is 266 g/mol. The predicted molar refractivity (Wildman–Crippen MR) is 82.6 cm³/mol. The fourth-order valence-electron chi connectivity index (χ4n) is 2.44. The van der Waals surface area contributed by atoms with Crippen molar-refractivity contribution in [3.63, 3.8) is 0 Å². The average Bonchev–Trinajstić information content (AvgIpc) is 2.60. The van der Waals surface area contributed by atoms with Crippen molar-refractivity contribution < 1.29 is 14.3 Å². The van der Waals surface area contributed by atoms with Gasteiger partial charge in [-0.3, -0.25) is 0 Å². The van der Waals surface area contributed by atoms with Gasteiger partial charge in [0.15, 0.2) is 0 Å². The van der Waals surface area contributed by atoms with Crippen LogP contribution < -0.4 is 4.74 Å². The van der Waals surface area contributed by atoms with Gasteiger partial charge in [0.1, 0.15) is 18.0 Å². The summed E-state index contributed by atoms with van der Waals surface area (Å²) in [5.41, 5.74) is 1.81. The van der Waals surface area contributed by atoms with Gasteiger partial charge in [0.05, 0.1) is 13.1 Å². The number of hydrogen-bond donors (Lipinski definition) is 0. The first-order valence-electron chi connectivity index (χ1n) is 7.62. The highest BCUT2D eigenvalue weighted by Gasteiger charge is 2.25. The van der Waals surface area contributed by atoms with Gasteiger partial charge in [0.25, 0.3) is 0 Å². The lowest BCUT2D eigenvalue weighted by Crippen LogP contribution is -2.37. The van der Waals surface area contributed by atoms with Crippen LogP contribution in [0.5, 0.6) is 5.75 Å². The van der Waals surface area contributed by atoms with Crippen LogP contribution in [0.25, 0.3) is 0 Å². The van der Waals surface area contributed by atoms with Gasteiger partial charge < -0.3 is 14.4 Å². The number of amides is 1. The summed E-state index contributed by atoms with van der Waals surface area (Å²) in [6.07, 6.45) is 1.80. The van der Waals surface area contributed by atoms with Crippen LogP contribution >= 0.6 is 0 Å². The summed E-state index contributed by atoms with van der Waals surface area (Å²) < 4.78 is 11.4. The molecule has 1 heterocycles. The van der Waals surface area contributed by atoms with Crippen LogP contribution in [0.3, 0.4) is 0 Å². The van der Waals surface area contributed by atoms with Gasteiger partial charge in [0, 0.05) is 5.56 Å². The molecule has 0 N–H and O–H groups in total. The molecule has 0 saturated carbocycles. The van der Waals surface area contributed by atoms with E-state index in [2.05, 4.69) is 13.0 Å². The molecule has 4 nitrogen and oxygen atoms in total. The Kier molecular flexibility index (Phi) is 4.76. The average molecular weight is 291 g/mol. The van der Waals surface area contributed by atoms with E-state index in [1.807, 2.05) is 32.9 Å². The lowest BCUT2D eigenvalue weighted by molar-refractivity contribution is 0.0225. The fourth-order valence-corrected chi connectivity index (χ4v) is 2.44. The first kappa shape index (κ1) is 15.7. The van der Waals surface area contributed by atoms with Gasteiger partial charge in [0.2, 0.25) is 0 Å². The molecule has 1 aliphatic heterocycles. The summed E-state index contributed by atoms with van der Waals surface area (Å²) in [5, 5.41) is 0. The van der Waals surface area contributed by atoms with Crippen LogP contribution in [0, 0.1) is 0 Å². The number of para-hydroxylation sites is 1. The van der Waals surface area contributed by atoms with E-state index < -0.39 is 5.60 Å². The van der Waals surface area contributed by atoms with E-state index in [9.17, 15) is 4.79 Å². The summed E-state index contributed by atoms with van der Waals surface area (Å²) in [6, 6.07) is 6.16. The van der Waals surface area contributed by atoms with E-state index >= 15 is 0 Å². The van der Waals surface area contributed by atoms with Gasteiger partial charge in [-0.1, -0.05) is 31.5 Å². The second-order valence-corrected chi connectivity index (χ2v) is 6.41. The second kappa shape index (κ2) is 6.37. The Balaban J connectivity index is 2.18. The van der Waals surface area contributed by atoms with Crippen molar-refractivity contribution in [1.29, 1.82) is 0 Å². The molecule has 0 saturated heterocycles.